The van der Waals surface area contributed by atoms with Crippen molar-refractivity contribution >= 4 is 33.1 Å². The van der Waals surface area contributed by atoms with Crippen molar-refractivity contribution in [1.29, 1.82) is 0 Å². The van der Waals surface area contributed by atoms with Crippen molar-refractivity contribution in [2.24, 2.45) is 0 Å². The SMILES string of the molecule is COc1ccc2c(=O)n(CC(=O)Nc3nccs3)ccc2c1. The van der Waals surface area contributed by atoms with E-state index in [0.29, 0.717) is 16.3 Å². The molecule has 0 aliphatic rings. The lowest BCUT2D eigenvalue weighted by molar-refractivity contribution is -0.116. The van der Waals surface area contributed by atoms with Gasteiger partial charge in [-0.15, -0.1) is 11.3 Å². The van der Waals surface area contributed by atoms with Crippen molar-refractivity contribution in [2.75, 3.05) is 12.4 Å². The zero-order chi connectivity index (χ0) is 15.5. The van der Waals surface area contributed by atoms with E-state index in [1.807, 2.05) is 0 Å². The van der Waals surface area contributed by atoms with Crippen LogP contribution in [0.2, 0.25) is 0 Å². The van der Waals surface area contributed by atoms with E-state index < -0.39 is 0 Å². The molecule has 0 bridgehead atoms. The Balaban J connectivity index is 1.86. The molecule has 3 rings (SSSR count). The summed E-state index contributed by atoms with van der Waals surface area (Å²) in [6.07, 6.45) is 3.21. The number of hydrogen-bond acceptors (Lipinski definition) is 5. The van der Waals surface area contributed by atoms with Gasteiger partial charge in [0.05, 0.1) is 7.11 Å². The lowest BCUT2D eigenvalue weighted by Crippen LogP contribution is -2.27. The molecule has 7 heteroatoms. The average Bonchev–Trinajstić information content (AvgIpc) is 3.02. The highest BCUT2D eigenvalue weighted by molar-refractivity contribution is 7.13. The second kappa shape index (κ2) is 5.98. The number of nitrogens with zero attached hydrogens (tertiary/aromatic N) is 2. The van der Waals surface area contributed by atoms with Gasteiger partial charge in [-0.1, -0.05) is 0 Å². The minimum absolute atomic E-state index is 0.0552. The fourth-order valence-corrected chi connectivity index (χ4v) is 2.66. The van der Waals surface area contributed by atoms with Crippen LogP contribution >= 0.6 is 11.3 Å². The molecular formula is C15H13N3O3S. The van der Waals surface area contributed by atoms with Gasteiger partial charge in [-0.3, -0.25) is 9.59 Å². The molecule has 0 fully saturated rings. The minimum atomic E-state index is -0.287. The zero-order valence-electron chi connectivity index (χ0n) is 11.8. The van der Waals surface area contributed by atoms with Gasteiger partial charge in [-0.2, -0.15) is 0 Å². The van der Waals surface area contributed by atoms with Crippen molar-refractivity contribution in [3.05, 3.63) is 52.4 Å². The van der Waals surface area contributed by atoms with Crippen LogP contribution in [0.4, 0.5) is 5.13 Å². The molecule has 2 aromatic heterocycles. The summed E-state index contributed by atoms with van der Waals surface area (Å²) < 4.78 is 6.51. The molecule has 3 aromatic rings. The minimum Gasteiger partial charge on any atom is -0.497 e. The van der Waals surface area contributed by atoms with Gasteiger partial charge in [-0.25, -0.2) is 4.98 Å². The number of methoxy groups -OCH3 is 1. The third kappa shape index (κ3) is 2.84. The number of nitrogens with one attached hydrogen (secondary N) is 1. The highest BCUT2D eigenvalue weighted by atomic mass is 32.1. The number of ether oxygens (including phenoxy) is 1. The Morgan fingerprint density at radius 3 is 3.00 bits per heavy atom. The van der Waals surface area contributed by atoms with Crippen molar-refractivity contribution in [3.63, 3.8) is 0 Å². The number of pyridine rings is 1. The zero-order valence-corrected chi connectivity index (χ0v) is 12.6. The van der Waals surface area contributed by atoms with Crippen molar-refractivity contribution in [2.45, 2.75) is 6.54 Å². The topological polar surface area (TPSA) is 73.2 Å². The van der Waals surface area contributed by atoms with E-state index in [1.54, 1.807) is 49.1 Å². The molecule has 1 aromatic carbocycles. The number of aromatic nitrogens is 2. The fourth-order valence-electron chi connectivity index (χ4n) is 2.12. The van der Waals surface area contributed by atoms with Gasteiger partial charge in [0.15, 0.2) is 5.13 Å². The van der Waals surface area contributed by atoms with Crippen LogP contribution in [-0.2, 0) is 11.3 Å². The number of amides is 1. The first kappa shape index (κ1) is 14.3. The maximum absolute atomic E-state index is 12.4. The summed E-state index contributed by atoms with van der Waals surface area (Å²) in [6.45, 7) is -0.0552. The summed E-state index contributed by atoms with van der Waals surface area (Å²) in [5, 5.41) is 6.26. The maximum Gasteiger partial charge on any atom is 0.258 e. The molecule has 22 heavy (non-hydrogen) atoms. The molecule has 0 aliphatic carbocycles. The number of fused-ring (bicyclic) bond motifs is 1. The smallest absolute Gasteiger partial charge is 0.258 e. The molecule has 0 unspecified atom stereocenters. The van der Waals surface area contributed by atoms with Crippen LogP contribution in [-0.4, -0.2) is 22.6 Å². The molecule has 6 nitrogen and oxygen atoms in total. The first-order valence-electron chi connectivity index (χ1n) is 6.54. The third-order valence-corrected chi connectivity index (χ3v) is 3.87. The quantitative estimate of drug-likeness (QED) is 0.800. The van der Waals surface area contributed by atoms with Crippen molar-refractivity contribution in [1.82, 2.24) is 9.55 Å². The number of hydrogen-bond donors (Lipinski definition) is 1. The molecule has 0 atom stereocenters. The van der Waals surface area contributed by atoms with Gasteiger partial charge < -0.3 is 14.6 Å². The number of anilines is 1. The van der Waals surface area contributed by atoms with Crippen LogP contribution in [0.15, 0.2) is 46.8 Å². The van der Waals surface area contributed by atoms with E-state index in [-0.39, 0.29) is 18.0 Å². The van der Waals surface area contributed by atoms with Crippen molar-refractivity contribution < 1.29 is 9.53 Å². The van der Waals surface area contributed by atoms with Gasteiger partial charge in [0.25, 0.3) is 5.56 Å². The molecule has 0 saturated carbocycles. The summed E-state index contributed by atoms with van der Waals surface area (Å²) in [5.41, 5.74) is -0.213. The standard InChI is InChI=1S/C15H13N3O3S/c1-21-11-2-3-12-10(8-11)4-6-18(14(12)20)9-13(19)17-15-16-5-7-22-15/h2-8H,9H2,1H3,(H,16,17,19). The molecule has 0 radical (unpaired) electrons. The maximum atomic E-state index is 12.4. The highest BCUT2D eigenvalue weighted by Crippen LogP contribution is 2.17. The molecule has 0 aliphatic heterocycles. The molecule has 1 N–H and O–H groups in total. The van der Waals surface area contributed by atoms with Gasteiger partial charge in [0, 0.05) is 23.2 Å². The fraction of sp³-hybridized carbons (Fsp3) is 0.133. The number of thiazole rings is 1. The van der Waals surface area contributed by atoms with Crippen LogP contribution in [0.3, 0.4) is 0 Å². The predicted octanol–water partition coefficient (Wildman–Crippen LogP) is 2.11. The Morgan fingerprint density at radius 1 is 1.41 bits per heavy atom. The summed E-state index contributed by atoms with van der Waals surface area (Å²) in [5.74, 6) is 0.399. The summed E-state index contributed by atoms with van der Waals surface area (Å²) in [4.78, 5) is 28.3. The first-order valence-corrected chi connectivity index (χ1v) is 7.42. The Bertz CT molecular complexity index is 871. The van der Waals surface area contributed by atoms with E-state index in [9.17, 15) is 9.59 Å². The highest BCUT2D eigenvalue weighted by Gasteiger charge is 2.09. The van der Waals surface area contributed by atoms with Gasteiger partial charge >= 0.3 is 0 Å². The summed E-state index contributed by atoms with van der Waals surface area (Å²) >= 11 is 1.33. The second-order valence-corrected chi connectivity index (χ2v) is 5.48. The lowest BCUT2D eigenvalue weighted by atomic mass is 10.1. The van der Waals surface area contributed by atoms with Crippen LogP contribution in [0.1, 0.15) is 0 Å². The first-order chi connectivity index (χ1) is 10.7. The summed E-state index contributed by atoms with van der Waals surface area (Å²) in [6, 6.07) is 7.00. The Morgan fingerprint density at radius 2 is 2.27 bits per heavy atom. The van der Waals surface area contributed by atoms with Crippen LogP contribution in [0.25, 0.3) is 10.8 Å². The Labute approximate surface area is 130 Å². The molecule has 112 valence electrons. The van der Waals surface area contributed by atoms with Gasteiger partial charge in [-0.05, 0) is 29.7 Å². The number of carbonyl (C=O) groups is 1. The number of benzene rings is 1. The molecule has 0 saturated heterocycles. The van der Waals surface area contributed by atoms with Crippen LogP contribution < -0.4 is 15.6 Å². The number of rotatable bonds is 4. The monoisotopic (exact) mass is 315 g/mol. The predicted molar refractivity (Wildman–Crippen MR) is 85.5 cm³/mol. The Hall–Kier alpha value is -2.67. The van der Waals surface area contributed by atoms with E-state index in [4.69, 9.17) is 4.74 Å². The second-order valence-electron chi connectivity index (χ2n) is 4.59. The molecule has 1 amide bonds. The molecule has 0 spiro atoms. The van der Waals surface area contributed by atoms with E-state index in [1.165, 1.54) is 15.9 Å². The summed E-state index contributed by atoms with van der Waals surface area (Å²) in [7, 11) is 1.57. The lowest BCUT2D eigenvalue weighted by Gasteiger charge is -2.08. The van der Waals surface area contributed by atoms with Gasteiger partial charge in [0.1, 0.15) is 12.3 Å². The largest absolute Gasteiger partial charge is 0.497 e. The van der Waals surface area contributed by atoms with E-state index in [0.717, 1.165) is 5.39 Å². The normalized spacial score (nSPS) is 10.6. The van der Waals surface area contributed by atoms with Gasteiger partial charge in [0.2, 0.25) is 5.91 Å². The molecular weight excluding hydrogens is 302 g/mol. The van der Waals surface area contributed by atoms with E-state index in [2.05, 4.69) is 10.3 Å². The van der Waals surface area contributed by atoms with Crippen molar-refractivity contribution in [3.8, 4) is 5.75 Å². The third-order valence-electron chi connectivity index (χ3n) is 3.18. The van der Waals surface area contributed by atoms with Crippen LogP contribution in [0.5, 0.6) is 5.75 Å². The molecule has 2 heterocycles. The average molecular weight is 315 g/mol. The Kier molecular flexibility index (Phi) is 3.88. The van der Waals surface area contributed by atoms with Crippen LogP contribution in [0, 0.1) is 0 Å². The van der Waals surface area contributed by atoms with E-state index >= 15 is 0 Å². The number of carbonyl (C=O) groups excluding carboxylic acids is 1.